The second-order valence-electron chi connectivity index (χ2n) is 4.40. The van der Waals surface area contributed by atoms with Gasteiger partial charge in [0.25, 0.3) is 0 Å². The van der Waals surface area contributed by atoms with Crippen molar-refractivity contribution in [3.8, 4) is 11.5 Å². The molecule has 0 saturated carbocycles. The van der Waals surface area contributed by atoms with Crippen LogP contribution in [0.4, 0.5) is 14.6 Å². The van der Waals surface area contributed by atoms with E-state index in [-0.39, 0.29) is 11.5 Å². The Kier molecular flexibility index (Phi) is 3.33. The summed E-state index contributed by atoms with van der Waals surface area (Å²) in [6.07, 6.45) is 9.30. The van der Waals surface area contributed by atoms with Crippen LogP contribution in [-0.4, -0.2) is 4.98 Å². The molecule has 0 unspecified atom stereocenters. The van der Waals surface area contributed by atoms with Gasteiger partial charge in [-0.3, -0.25) is 0 Å². The molecule has 0 fully saturated rings. The van der Waals surface area contributed by atoms with E-state index in [0.29, 0.717) is 5.82 Å². The van der Waals surface area contributed by atoms with Crippen LogP contribution < -0.4 is 5.32 Å². The molecule has 1 N–H and O–H groups in total. The highest BCUT2D eigenvalue weighted by atomic mass is 19.1. The normalized spacial score (nSPS) is 14.2. The fraction of sp³-hybridized carbons (Fsp3) is 0.133. The molecule has 1 aliphatic carbocycles. The number of nitrogens with one attached hydrogen (secondary N) is 1. The lowest BCUT2D eigenvalue weighted by molar-refractivity contribution is 0.542. The van der Waals surface area contributed by atoms with Crippen molar-refractivity contribution in [3.05, 3.63) is 60.0 Å². The Hall–Kier alpha value is -2.43. The van der Waals surface area contributed by atoms with Crippen molar-refractivity contribution in [1.82, 2.24) is 4.98 Å². The summed E-state index contributed by atoms with van der Waals surface area (Å²) < 4.78 is 32.4. The Morgan fingerprint density at radius 1 is 1.15 bits per heavy atom. The standard InChI is InChI=1S/C15H12F2N2O/c16-11-7-4-8-12(17)14(11)15-19-13(9-20-15)18-10-5-2-1-3-6-10/h2,4-9,18H,1,3H2. The van der Waals surface area contributed by atoms with E-state index in [9.17, 15) is 8.78 Å². The topological polar surface area (TPSA) is 38.1 Å². The summed E-state index contributed by atoms with van der Waals surface area (Å²) in [6.45, 7) is 0. The van der Waals surface area contributed by atoms with Crippen LogP contribution in [0, 0.1) is 11.6 Å². The van der Waals surface area contributed by atoms with Gasteiger partial charge >= 0.3 is 0 Å². The molecule has 1 aromatic heterocycles. The summed E-state index contributed by atoms with van der Waals surface area (Å²) in [7, 11) is 0. The van der Waals surface area contributed by atoms with Gasteiger partial charge in [0, 0.05) is 5.70 Å². The van der Waals surface area contributed by atoms with Gasteiger partial charge < -0.3 is 9.73 Å². The number of rotatable bonds is 3. The number of benzene rings is 1. The molecule has 3 nitrogen and oxygen atoms in total. The zero-order valence-corrected chi connectivity index (χ0v) is 10.6. The summed E-state index contributed by atoms with van der Waals surface area (Å²) in [5.41, 5.74) is 0.638. The van der Waals surface area contributed by atoms with Gasteiger partial charge in [-0.05, 0) is 31.1 Å². The van der Waals surface area contributed by atoms with Crippen LogP contribution in [0.2, 0.25) is 0 Å². The molecule has 0 atom stereocenters. The summed E-state index contributed by atoms with van der Waals surface area (Å²) in [4.78, 5) is 4.06. The maximum atomic E-state index is 13.6. The SMILES string of the molecule is Fc1cccc(F)c1-c1nc(NC2=CCCC=C2)co1. The van der Waals surface area contributed by atoms with Gasteiger partial charge in [-0.15, -0.1) is 0 Å². The molecule has 1 aromatic carbocycles. The highest BCUT2D eigenvalue weighted by molar-refractivity contribution is 5.58. The van der Waals surface area contributed by atoms with Crippen molar-refractivity contribution >= 4 is 5.82 Å². The molecular weight excluding hydrogens is 262 g/mol. The first-order valence-corrected chi connectivity index (χ1v) is 6.27. The fourth-order valence-corrected chi connectivity index (χ4v) is 2.00. The van der Waals surface area contributed by atoms with E-state index in [1.54, 1.807) is 0 Å². The first kappa shape index (κ1) is 12.6. The van der Waals surface area contributed by atoms with E-state index < -0.39 is 11.6 Å². The van der Waals surface area contributed by atoms with Gasteiger partial charge in [-0.1, -0.05) is 18.2 Å². The molecule has 0 bridgehead atoms. The van der Waals surface area contributed by atoms with Gasteiger partial charge in [0.1, 0.15) is 23.5 Å². The fourth-order valence-electron chi connectivity index (χ4n) is 2.00. The summed E-state index contributed by atoms with van der Waals surface area (Å²) in [5.74, 6) is -1.06. The number of aromatic nitrogens is 1. The van der Waals surface area contributed by atoms with Gasteiger partial charge in [-0.25, -0.2) is 8.78 Å². The van der Waals surface area contributed by atoms with Crippen molar-refractivity contribution < 1.29 is 13.2 Å². The molecule has 0 aliphatic heterocycles. The maximum absolute atomic E-state index is 13.6. The third-order valence-corrected chi connectivity index (χ3v) is 2.95. The minimum Gasteiger partial charge on any atom is -0.442 e. The minimum atomic E-state index is -0.699. The Bertz CT molecular complexity index is 669. The Morgan fingerprint density at radius 2 is 1.95 bits per heavy atom. The van der Waals surface area contributed by atoms with Crippen molar-refractivity contribution in [2.75, 3.05) is 5.32 Å². The lowest BCUT2D eigenvalue weighted by atomic mass is 10.1. The zero-order valence-electron chi connectivity index (χ0n) is 10.6. The van der Waals surface area contributed by atoms with Crippen LogP contribution in [0.1, 0.15) is 12.8 Å². The summed E-state index contributed by atoms with van der Waals surface area (Å²) in [5, 5.41) is 3.03. The average Bonchev–Trinajstić information content (AvgIpc) is 2.88. The Labute approximate surface area is 114 Å². The minimum absolute atomic E-state index is 0.0801. The molecule has 0 spiro atoms. The third-order valence-electron chi connectivity index (χ3n) is 2.95. The van der Waals surface area contributed by atoms with Gasteiger partial charge in [0.05, 0.1) is 0 Å². The second kappa shape index (κ2) is 5.28. The monoisotopic (exact) mass is 274 g/mol. The molecule has 1 aliphatic rings. The van der Waals surface area contributed by atoms with Crippen LogP contribution in [0.5, 0.6) is 0 Å². The molecule has 5 heteroatoms. The van der Waals surface area contributed by atoms with Gasteiger partial charge in [0.2, 0.25) is 5.89 Å². The zero-order chi connectivity index (χ0) is 13.9. The molecule has 1 heterocycles. The predicted octanol–water partition coefficient (Wildman–Crippen LogP) is 4.27. The van der Waals surface area contributed by atoms with E-state index in [4.69, 9.17) is 4.42 Å². The van der Waals surface area contributed by atoms with E-state index in [2.05, 4.69) is 10.3 Å². The summed E-state index contributed by atoms with van der Waals surface area (Å²) in [6, 6.07) is 3.64. The van der Waals surface area contributed by atoms with Crippen LogP contribution in [0.25, 0.3) is 11.5 Å². The first-order chi connectivity index (χ1) is 9.74. The average molecular weight is 274 g/mol. The van der Waals surface area contributed by atoms with Crippen LogP contribution in [0.3, 0.4) is 0 Å². The highest BCUT2D eigenvalue weighted by Gasteiger charge is 2.16. The maximum Gasteiger partial charge on any atom is 0.233 e. The van der Waals surface area contributed by atoms with Crippen LogP contribution in [-0.2, 0) is 0 Å². The number of allylic oxidation sites excluding steroid dienone is 3. The van der Waals surface area contributed by atoms with Crippen molar-refractivity contribution in [2.45, 2.75) is 12.8 Å². The summed E-state index contributed by atoms with van der Waals surface area (Å²) >= 11 is 0. The molecule has 2 aromatic rings. The Balaban J connectivity index is 1.87. The number of halogens is 2. The number of anilines is 1. The molecule has 0 saturated heterocycles. The quantitative estimate of drug-likeness (QED) is 0.908. The highest BCUT2D eigenvalue weighted by Crippen LogP contribution is 2.27. The lowest BCUT2D eigenvalue weighted by Crippen LogP contribution is -1.99. The Morgan fingerprint density at radius 3 is 2.65 bits per heavy atom. The third kappa shape index (κ3) is 2.47. The largest absolute Gasteiger partial charge is 0.442 e. The first-order valence-electron chi connectivity index (χ1n) is 6.27. The molecule has 20 heavy (non-hydrogen) atoms. The van der Waals surface area contributed by atoms with Crippen molar-refractivity contribution in [1.29, 1.82) is 0 Å². The molecule has 0 amide bonds. The number of hydrogen-bond donors (Lipinski definition) is 1. The smallest absolute Gasteiger partial charge is 0.233 e. The van der Waals surface area contributed by atoms with E-state index in [1.165, 1.54) is 24.5 Å². The predicted molar refractivity (Wildman–Crippen MR) is 71.9 cm³/mol. The van der Waals surface area contributed by atoms with Gasteiger partial charge in [-0.2, -0.15) is 4.98 Å². The number of hydrogen-bond acceptors (Lipinski definition) is 3. The van der Waals surface area contributed by atoms with Crippen molar-refractivity contribution in [2.24, 2.45) is 0 Å². The lowest BCUT2D eigenvalue weighted by Gasteiger charge is -2.06. The van der Waals surface area contributed by atoms with E-state index >= 15 is 0 Å². The van der Waals surface area contributed by atoms with Crippen LogP contribution >= 0.6 is 0 Å². The van der Waals surface area contributed by atoms with E-state index in [0.717, 1.165) is 18.5 Å². The second-order valence-corrected chi connectivity index (χ2v) is 4.40. The molecule has 3 rings (SSSR count). The van der Waals surface area contributed by atoms with Crippen LogP contribution in [0.15, 0.2) is 52.8 Å². The van der Waals surface area contributed by atoms with E-state index in [1.807, 2.05) is 18.2 Å². The number of oxazole rings is 1. The molecular formula is C15H12F2N2O. The molecule has 102 valence electrons. The number of nitrogens with zero attached hydrogens (tertiary/aromatic N) is 1. The molecule has 0 radical (unpaired) electrons. The van der Waals surface area contributed by atoms with Crippen molar-refractivity contribution in [3.63, 3.8) is 0 Å². The van der Waals surface area contributed by atoms with Gasteiger partial charge in [0.15, 0.2) is 5.82 Å².